The Balaban J connectivity index is 3.92. The van der Waals surface area contributed by atoms with Crippen LogP contribution in [0.2, 0.25) is 0 Å². The average molecular weight is 230 g/mol. The molecule has 0 rings (SSSR count). The van der Waals surface area contributed by atoms with E-state index in [0.29, 0.717) is 6.54 Å². The van der Waals surface area contributed by atoms with E-state index < -0.39 is 12.0 Å². The lowest BCUT2D eigenvalue weighted by Gasteiger charge is -2.23. The topological polar surface area (TPSA) is 92.4 Å². The van der Waals surface area contributed by atoms with Gasteiger partial charge in [0.2, 0.25) is 5.91 Å². The first-order chi connectivity index (χ1) is 7.28. The molecule has 0 aliphatic carbocycles. The quantitative estimate of drug-likeness (QED) is 0.601. The van der Waals surface area contributed by atoms with Gasteiger partial charge in [-0.3, -0.25) is 9.59 Å². The fraction of sp³-hybridized carbons (Fsp3) is 0.818. The maximum atomic E-state index is 11.5. The molecule has 16 heavy (non-hydrogen) atoms. The summed E-state index contributed by atoms with van der Waals surface area (Å²) in [5.41, 5.74) is 5.60. The van der Waals surface area contributed by atoms with Crippen LogP contribution in [0.4, 0.5) is 0 Å². The van der Waals surface area contributed by atoms with Crippen LogP contribution in [0.1, 0.15) is 40.0 Å². The second-order valence-electron chi connectivity index (χ2n) is 4.77. The number of aliphatic carboxylic acids is 1. The number of nitrogens with one attached hydrogen (secondary N) is 1. The van der Waals surface area contributed by atoms with E-state index in [1.807, 2.05) is 0 Å². The van der Waals surface area contributed by atoms with Gasteiger partial charge in [-0.15, -0.1) is 0 Å². The van der Waals surface area contributed by atoms with E-state index in [4.69, 9.17) is 10.8 Å². The molecule has 1 atom stereocenters. The number of nitrogens with two attached hydrogens (primary N) is 1. The summed E-state index contributed by atoms with van der Waals surface area (Å²) in [7, 11) is 0. The van der Waals surface area contributed by atoms with E-state index in [1.54, 1.807) is 0 Å². The fourth-order valence-corrected chi connectivity index (χ4v) is 0.993. The molecule has 0 aromatic heterocycles. The maximum absolute atomic E-state index is 11.5. The van der Waals surface area contributed by atoms with Crippen molar-refractivity contribution >= 4 is 11.9 Å². The monoisotopic (exact) mass is 230 g/mol. The zero-order valence-electron chi connectivity index (χ0n) is 10.2. The van der Waals surface area contributed by atoms with Crippen molar-refractivity contribution in [1.82, 2.24) is 5.32 Å². The minimum absolute atomic E-state index is 0.0438. The van der Waals surface area contributed by atoms with Crippen LogP contribution in [-0.2, 0) is 9.59 Å². The number of carboxylic acid groups (broad SMARTS) is 1. The van der Waals surface area contributed by atoms with Crippen LogP contribution in [0.5, 0.6) is 0 Å². The van der Waals surface area contributed by atoms with Gasteiger partial charge in [0, 0.05) is 13.0 Å². The van der Waals surface area contributed by atoms with E-state index >= 15 is 0 Å². The molecule has 0 heterocycles. The summed E-state index contributed by atoms with van der Waals surface area (Å²) in [4.78, 5) is 21.8. The van der Waals surface area contributed by atoms with E-state index in [1.165, 1.54) is 0 Å². The van der Waals surface area contributed by atoms with Crippen LogP contribution < -0.4 is 11.1 Å². The highest BCUT2D eigenvalue weighted by Gasteiger charge is 2.19. The van der Waals surface area contributed by atoms with Crippen LogP contribution in [0, 0.1) is 5.41 Å². The van der Waals surface area contributed by atoms with Gasteiger partial charge in [0.15, 0.2) is 0 Å². The van der Waals surface area contributed by atoms with Gasteiger partial charge >= 0.3 is 5.97 Å². The summed E-state index contributed by atoms with van der Waals surface area (Å²) in [5, 5.41) is 11.2. The number of hydrogen-bond donors (Lipinski definition) is 3. The molecule has 0 saturated heterocycles. The average Bonchev–Trinajstić information content (AvgIpc) is 2.22. The molecule has 5 heteroatoms. The van der Waals surface area contributed by atoms with Crippen LogP contribution >= 0.6 is 0 Å². The van der Waals surface area contributed by atoms with Crippen molar-refractivity contribution in [3.63, 3.8) is 0 Å². The molecule has 0 fully saturated rings. The first-order valence-electron chi connectivity index (χ1n) is 5.53. The number of carboxylic acids is 1. The van der Waals surface area contributed by atoms with Crippen LogP contribution in [0.15, 0.2) is 0 Å². The van der Waals surface area contributed by atoms with Crippen LogP contribution in [0.3, 0.4) is 0 Å². The summed E-state index contributed by atoms with van der Waals surface area (Å²) in [6.07, 6.45) is 1.05. The van der Waals surface area contributed by atoms with Gasteiger partial charge in [-0.1, -0.05) is 20.8 Å². The Labute approximate surface area is 96.4 Å². The summed E-state index contributed by atoms with van der Waals surface area (Å²) in [6, 6.07) is -0.733. The van der Waals surface area contributed by atoms with E-state index in [-0.39, 0.29) is 24.2 Å². The minimum Gasteiger partial charge on any atom is -0.481 e. The van der Waals surface area contributed by atoms with Gasteiger partial charge in [-0.05, 0) is 18.3 Å². The summed E-state index contributed by atoms with van der Waals surface area (Å²) >= 11 is 0. The number of rotatable bonds is 7. The molecule has 4 N–H and O–H groups in total. The highest BCUT2D eigenvalue weighted by Crippen LogP contribution is 2.17. The SMILES string of the molecule is CCC(C)(C)CNC(=O)C(N)CCC(=O)O. The standard InChI is InChI=1S/C11H22N2O3/c1-4-11(2,3)7-13-10(16)8(12)5-6-9(14)15/h8H,4-7,12H2,1-3H3,(H,13,16)(H,14,15). The molecule has 0 aromatic carbocycles. The van der Waals surface area contributed by atoms with Gasteiger partial charge in [-0.25, -0.2) is 0 Å². The van der Waals surface area contributed by atoms with Crippen molar-refractivity contribution in [2.24, 2.45) is 11.1 Å². The molecule has 0 saturated carbocycles. The predicted molar refractivity (Wildman–Crippen MR) is 61.9 cm³/mol. The lowest BCUT2D eigenvalue weighted by atomic mass is 9.90. The first kappa shape index (κ1) is 14.9. The second kappa shape index (κ2) is 6.48. The molecule has 0 aliphatic heterocycles. The van der Waals surface area contributed by atoms with Crippen LogP contribution in [0.25, 0.3) is 0 Å². The Morgan fingerprint density at radius 3 is 2.44 bits per heavy atom. The van der Waals surface area contributed by atoms with Gasteiger partial charge < -0.3 is 16.2 Å². The summed E-state index contributed by atoms with van der Waals surface area (Å²) < 4.78 is 0. The van der Waals surface area contributed by atoms with E-state index in [2.05, 4.69) is 26.1 Å². The predicted octanol–water partition coefficient (Wildman–Crippen LogP) is 0.731. The molecule has 0 aliphatic rings. The minimum atomic E-state index is -0.933. The largest absolute Gasteiger partial charge is 0.481 e. The number of hydrogen-bond acceptors (Lipinski definition) is 3. The third kappa shape index (κ3) is 6.40. The normalized spacial score (nSPS) is 13.2. The highest BCUT2D eigenvalue weighted by molar-refractivity contribution is 5.82. The zero-order valence-corrected chi connectivity index (χ0v) is 10.2. The molecule has 0 aromatic rings. The fourth-order valence-electron chi connectivity index (χ4n) is 0.993. The maximum Gasteiger partial charge on any atom is 0.303 e. The Kier molecular flexibility index (Phi) is 6.03. The molecule has 0 radical (unpaired) electrons. The molecular weight excluding hydrogens is 208 g/mol. The van der Waals surface area contributed by atoms with Gasteiger partial charge in [0.25, 0.3) is 0 Å². The summed E-state index contributed by atoms with van der Waals surface area (Å²) in [6.45, 7) is 6.71. The van der Waals surface area contributed by atoms with Crippen molar-refractivity contribution < 1.29 is 14.7 Å². The lowest BCUT2D eigenvalue weighted by molar-refractivity contribution is -0.137. The lowest BCUT2D eigenvalue weighted by Crippen LogP contribution is -2.44. The number of carbonyl (C=O) groups excluding carboxylic acids is 1. The molecule has 94 valence electrons. The third-order valence-corrected chi connectivity index (χ3v) is 2.70. The molecule has 1 unspecified atom stereocenters. The Bertz CT molecular complexity index is 252. The van der Waals surface area contributed by atoms with Crippen LogP contribution in [-0.4, -0.2) is 29.6 Å². The van der Waals surface area contributed by atoms with Crippen molar-refractivity contribution in [2.75, 3.05) is 6.54 Å². The van der Waals surface area contributed by atoms with Gasteiger partial charge in [-0.2, -0.15) is 0 Å². The Hall–Kier alpha value is -1.10. The van der Waals surface area contributed by atoms with Crippen molar-refractivity contribution in [1.29, 1.82) is 0 Å². The van der Waals surface area contributed by atoms with Crippen molar-refractivity contribution in [3.05, 3.63) is 0 Å². The number of carbonyl (C=O) groups is 2. The van der Waals surface area contributed by atoms with Gasteiger partial charge in [0.1, 0.15) is 0 Å². The highest BCUT2D eigenvalue weighted by atomic mass is 16.4. The van der Waals surface area contributed by atoms with Crippen molar-refractivity contribution in [3.8, 4) is 0 Å². The molecule has 0 spiro atoms. The molecule has 0 bridgehead atoms. The first-order valence-corrected chi connectivity index (χ1v) is 5.53. The van der Waals surface area contributed by atoms with Gasteiger partial charge in [0.05, 0.1) is 6.04 Å². The third-order valence-electron chi connectivity index (χ3n) is 2.70. The molecular formula is C11H22N2O3. The van der Waals surface area contributed by atoms with Crippen molar-refractivity contribution in [2.45, 2.75) is 46.1 Å². The van der Waals surface area contributed by atoms with E-state index in [9.17, 15) is 9.59 Å². The molecule has 1 amide bonds. The van der Waals surface area contributed by atoms with E-state index in [0.717, 1.165) is 6.42 Å². The Morgan fingerprint density at radius 1 is 1.44 bits per heavy atom. The second-order valence-corrected chi connectivity index (χ2v) is 4.77. The smallest absolute Gasteiger partial charge is 0.303 e. The molecule has 5 nitrogen and oxygen atoms in total. The summed E-state index contributed by atoms with van der Waals surface area (Å²) in [5.74, 6) is -1.21. The number of amides is 1. The Morgan fingerprint density at radius 2 is 2.00 bits per heavy atom. The zero-order chi connectivity index (χ0) is 12.8.